The fourth-order valence-electron chi connectivity index (χ4n) is 1.96. The molecule has 0 unspecified atom stereocenters. The van der Waals surface area contributed by atoms with Gasteiger partial charge < -0.3 is 15.5 Å². The zero-order chi connectivity index (χ0) is 14.4. The van der Waals surface area contributed by atoms with E-state index in [4.69, 9.17) is 5.11 Å². The topological polar surface area (TPSA) is 52.5 Å². The van der Waals surface area contributed by atoms with Crippen LogP contribution in [0.15, 0.2) is 46.9 Å². The summed E-state index contributed by atoms with van der Waals surface area (Å²) in [6.45, 7) is 1.66. The van der Waals surface area contributed by atoms with Crippen molar-refractivity contribution in [3.05, 3.63) is 63.6 Å². The fraction of sp³-hybridized carbons (Fsp3) is 0.250. The van der Waals surface area contributed by atoms with Crippen LogP contribution in [0.3, 0.4) is 0 Å². The average molecular weight is 336 g/mol. The minimum absolute atomic E-state index is 0.0874. The number of phenols is 1. The van der Waals surface area contributed by atoms with Gasteiger partial charge in [-0.2, -0.15) is 0 Å². The largest absolute Gasteiger partial charge is 0.508 e. The van der Waals surface area contributed by atoms with Crippen molar-refractivity contribution in [3.8, 4) is 5.75 Å². The Bertz CT molecular complexity index is 555. The van der Waals surface area contributed by atoms with Crippen molar-refractivity contribution in [1.29, 1.82) is 0 Å². The molecular weight excluding hydrogens is 318 g/mol. The Morgan fingerprint density at radius 3 is 2.40 bits per heavy atom. The molecule has 2 aromatic rings. The molecule has 0 bridgehead atoms. The van der Waals surface area contributed by atoms with Gasteiger partial charge in [0.1, 0.15) is 5.75 Å². The molecule has 0 amide bonds. The average Bonchev–Trinajstić information content (AvgIpc) is 2.47. The second-order valence-corrected chi connectivity index (χ2v) is 5.53. The smallest absolute Gasteiger partial charge is 0.115 e. The molecule has 3 nitrogen and oxygen atoms in total. The first-order valence-corrected chi connectivity index (χ1v) is 7.35. The Balaban J connectivity index is 1.79. The van der Waals surface area contributed by atoms with Crippen LogP contribution in [0, 0.1) is 0 Å². The van der Waals surface area contributed by atoms with Crippen LogP contribution >= 0.6 is 15.9 Å². The lowest BCUT2D eigenvalue weighted by molar-refractivity contribution is 0.282. The van der Waals surface area contributed by atoms with E-state index < -0.39 is 0 Å². The number of rotatable bonds is 6. The molecule has 0 radical (unpaired) electrons. The Morgan fingerprint density at radius 2 is 1.70 bits per heavy atom. The second-order valence-electron chi connectivity index (χ2n) is 4.68. The number of hydrogen-bond acceptors (Lipinski definition) is 3. The maximum absolute atomic E-state index is 9.45. The highest BCUT2D eigenvalue weighted by molar-refractivity contribution is 9.10. The fourth-order valence-corrected chi connectivity index (χ4v) is 2.35. The van der Waals surface area contributed by atoms with E-state index in [-0.39, 0.29) is 12.4 Å². The molecule has 4 heteroatoms. The zero-order valence-electron chi connectivity index (χ0n) is 11.1. The molecule has 0 saturated carbocycles. The lowest BCUT2D eigenvalue weighted by Gasteiger charge is -2.08. The Labute approximate surface area is 127 Å². The molecule has 2 rings (SSSR count). The molecule has 2 aromatic carbocycles. The van der Waals surface area contributed by atoms with Gasteiger partial charge in [-0.3, -0.25) is 0 Å². The summed E-state index contributed by atoms with van der Waals surface area (Å²) < 4.78 is 0.995. The van der Waals surface area contributed by atoms with Gasteiger partial charge in [0.2, 0.25) is 0 Å². The molecule has 0 heterocycles. The van der Waals surface area contributed by atoms with Gasteiger partial charge >= 0.3 is 0 Å². The van der Waals surface area contributed by atoms with Gasteiger partial charge in [0.15, 0.2) is 0 Å². The standard InChI is InChI=1S/C16H18BrNO2/c17-16-6-5-15(20)9-14(16)10-18-8-7-12-1-3-13(11-19)4-2-12/h1-6,9,18-20H,7-8,10-11H2. The second kappa shape index (κ2) is 7.43. The minimum atomic E-state index is 0.0874. The van der Waals surface area contributed by atoms with Crippen LogP contribution in [0.25, 0.3) is 0 Å². The number of hydrogen-bond donors (Lipinski definition) is 3. The summed E-state index contributed by atoms with van der Waals surface area (Å²) >= 11 is 3.47. The van der Waals surface area contributed by atoms with Gasteiger partial charge in [-0.05, 0) is 47.9 Å². The molecule has 0 fully saturated rings. The van der Waals surface area contributed by atoms with Crippen LogP contribution in [0.1, 0.15) is 16.7 Å². The molecule has 20 heavy (non-hydrogen) atoms. The molecular formula is C16H18BrNO2. The Hall–Kier alpha value is -1.36. The highest BCUT2D eigenvalue weighted by atomic mass is 79.9. The SMILES string of the molecule is OCc1ccc(CCNCc2cc(O)ccc2Br)cc1. The zero-order valence-corrected chi connectivity index (χ0v) is 12.7. The predicted octanol–water partition coefficient (Wildman–Crippen LogP) is 2.98. The van der Waals surface area contributed by atoms with Crippen molar-refractivity contribution in [1.82, 2.24) is 5.32 Å². The van der Waals surface area contributed by atoms with Gasteiger partial charge in [-0.1, -0.05) is 40.2 Å². The van der Waals surface area contributed by atoms with Crippen molar-refractivity contribution in [2.24, 2.45) is 0 Å². The quantitative estimate of drug-likeness (QED) is 0.711. The monoisotopic (exact) mass is 335 g/mol. The van der Waals surface area contributed by atoms with Crippen LogP contribution in [0.4, 0.5) is 0 Å². The van der Waals surface area contributed by atoms with Crippen LogP contribution in [0.5, 0.6) is 5.75 Å². The normalized spacial score (nSPS) is 10.7. The Morgan fingerprint density at radius 1 is 1.00 bits per heavy atom. The molecule has 0 aromatic heterocycles. The molecule has 0 atom stereocenters. The van der Waals surface area contributed by atoms with Crippen molar-refractivity contribution >= 4 is 15.9 Å². The summed E-state index contributed by atoms with van der Waals surface area (Å²) in [5.74, 6) is 0.282. The first kappa shape index (κ1) is 15.0. The highest BCUT2D eigenvalue weighted by Gasteiger charge is 2.01. The molecule has 0 aliphatic rings. The van der Waals surface area contributed by atoms with E-state index in [0.29, 0.717) is 6.54 Å². The summed E-state index contributed by atoms with van der Waals surface area (Å²) in [6, 6.07) is 13.2. The van der Waals surface area contributed by atoms with Gasteiger partial charge in [0.05, 0.1) is 6.61 Å². The minimum Gasteiger partial charge on any atom is -0.508 e. The van der Waals surface area contributed by atoms with Gasteiger partial charge in [0.25, 0.3) is 0 Å². The maximum atomic E-state index is 9.45. The van der Waals surface area contributed by atoms with E-state index in [0.717, 1.165) is 28.6 Å². The highest BCUT2D eigenvalue weighted by Crippen LogP contribution is 2.21. The van der Waals surface area contributed by atoms with Crippen LogP contribution in [-0.2, 0) is 19.6 Å². The number of aromatic hydroxyl groups is 1. The molecule has 3 N–H and O–H groups in total. The third-order valence-electron chi connectivity index (χ3n) is 3.14. The van der Waals surface area contributed by atoms with E-state index in [1.54, 1.807) is 12.1 Å². The van der Waals surface area contributed by atoms with E-state index in [1.165, 1.54) is 5.56 Å². The van der Waals surface area contributed by atoms with Crippen LogP contribution < -0.4 is 5.32 Å². The number of phenolic OH excluding ortho intramolecular Hbond substituents is 1. The summed E-state index contributed by atoms with van der Waals surface area (Å²) in [7, 11) is 0. The number of nitrogens with one attached hydrogen (secondary N) is 1. The summed E-state index contributed by atoms with van der Waals surface area (Å²) in [5, 5.41) is 21.8. The van der Waals surface area contributed by atoms with E-state index >= 15 is 0 Å². The summed E-state index contributed by atoms with van der Waals surface area (Å²) in [4.78, 5) is 0. The van der Waals surface area contributed by atoms with Gasteiger partial charge in [-0.25, -0.2) is 0 Å². The third-order valence-corrected chi connectivity index (χ3v) is 3.91. The van der Waals surface area contributed by atoms with E-state index in [1.807, 2.05) is 30.3 Å². The van der Waals surface area contributed by atoms with E-state index in [9.17, 15) is 5.11 Å². The molecule has 0 aliphatic heterocycles. The Kier molecular flexibility index (Phi) is 5.59. The van der Waals surface area contributed by atoms with Crippen LogP contribution in [0.2, 0.25) is 0 Å². The van der Waals surface area contributed by atoms with Gasteiger partial charge in [-0.15, -0.1) is 0 Å². The molecule has 0 saturated heterocycles. The first-order chi connectivity index (χ1) is 9.69. The van der Waals surface area contributed by atoms with Crippen molar-refractivity contribution in [3.63, 3.8) is 0 Å². The lowest BCUT2D eigenvalue weighted by Crippen LogP contribution is -2.16. The van der Waals surface area contributed by atoms with Crippen molar-refractivity contribution in [2.45, 2.75) is 19.6 Å². The summed E-state index contributed by atoms with van der Waals surface area (Å²) in [5.41, 5.74) is 3.22. The molecule has 0 spiro atoms. The van der Waals surface area contributed by atoms with E-state index in [2.05, 4.69) is 21.2 Å². The molecule has 0 aliphatic carbocycles. The van der Waals surface area contributed by atoms with Crippen molar-refractivity contribution in [2.75, 3.05) is 6.54 Å². The number of benzene rings is 2. The first-order valence-electron chi connectivity index (χ1n) is 6.56. The van der Waals surface area contributed by atoms with Crippen molar-refractivity contribution < 1.29 is 10.2 Å². The third kappa shape index (κ3) is 4.34. The summed E-state index contributed by atoms with van der Waals surface area (Å²) in [6.07, 6.45) is 0.933. The predicted molar refractivity (Wildman–Crippen MR) is 83.6 cm³/mol. The maximum Gasteiger partial charge on any atom is 0.115 e. The number of aliphatic hydroxyl groups is 1. The lowest BCUT2D eigenvalue weighted by atomic mass is 10.1. The number of halogens is 1. The van der Waals surface area contributed by atoms with Gasteiger partial charge in [0, 0.05) is 11.0 Å². The van der Waals surface area contributed by atoms with Crippen LogP contribution in [-0.4, -0.2) is 16.8 Å². The molecule has 106 valence electrons. The number of aliphatic hydroxyl groups excluding tert-OH is 1.